The third-order valence-electron chi connectivity index (χ3n) is 3.42. The monoisotopic (exact) mass is 496 g/mol. The van der Waals surface area contributed by atoms with Crippen molar-refractivity contribution in [3.05, 3.63) is 28.2 Å². The maximum Gasteiger partial charge on any atom is 0.246 e. The average Bonchev–Trinajstić information content (AvgIpc) is 2.48. The molecule has 1 aromatic carbocycles. The maximum absolute atomic E-state index is 12.0. The summed E-state index contributed by atoms with van der Waals surface area (Å²) in [6.45, 7) is 5.95. The van der Waals surface area contributed by atoms with Crippen LogP contribution in [-0.2, 0) is 9.53 Å². The third-order valence-corrected chi connectivity index (χ3v) is 3.92. The lowest BCUT2D eigenvalue weighted by Crippen LogP contribution is -2.48. The molecule has 8 heteroatoms. The highest BCUT2D eigenvalue weighted by molar-refractivity contribution is 14.0. The predicted molar refractivity (Wildman–Crippen MR) is 106 cm³/mol. The first-order valence-electron chi connectivity index (χ1n) is 7.18. The zero-order valence-electron chi connectivity index (χ0n) is 13.2. The standard InChI is InChI=1S/C15H21BrN4O2.HI/c1-10-3-4-12(16)7-13(10)19-14(21)8-18-15(17)20-5-6-22-11(2)9-20;/h3-4,7,11H,5-6,8-9H2,1-2H3,(H2,17,18)(H,19,21);1H. The van der Waals surface area contributed by atoms with Gasteiger partial charge in [-0.2, -0.15) is 0 Å². The second kappa shape index (κ2) is 9.43. The zero-order valence-corrected chi connectivity index (χ0v) is 17.1. The van der Waals surface area contributed by atoms with Crippen LogP contribution in [0.25, 0.3) is 0 Å². The van der Waals surface area contributed by atoms with Crippen molar-refractivity contribution in [2.45, 2.75) is 20.0 Å². The van der Waals surface area contributed by atoms with Crippen molar-refractivity contribution in [2.75, 3.05) is 31.6 Å². The summed E-state index contributed by atoms with van der Waals surface area (Å²) in [6.07, 6.45) is 0.126. The Morgan fingerprint density at radius 1 is 1.57 bits per heavy atom. The summed E-state index contributed by atoms with van der Waals surface area (Å²) in [7, 11) is 0. The molecule has 0 aliphatic carbocycles. The SMILES string of the molecule is Cc1ccc(Br)cc1NC(=O)CN=C(N)N1CCOC(C)C1.I. The first-order chi connectivity index (χ1) is 10.5. The molecule has 1 saturated heterocycles. The van der Waals surface area contributed by atoms with Crippen LogP contribution in [0.5, 0.6) is 0 Å². The van der Waals surface area contributed by atoms with Crippen LogP contribution in [0.1, 0.15) is 12.5 Å². The van der Waals surface area contributed by atoms with E-state index < -0.39 is 0 Å². The van der Waals surface area contributed by atoms with Gasteiger partial charge in [0.25, 0.3) is 0 Å². The Kier molecular flexibility index (Phi) is 8.27. The zero-order chi connectivity index (χ0) is 16.1. The van der Waals surface area contributed by atoms with Crippen LogP contribution in [0.3, 0.4) is 0 Å². The molecule has 3 N–H and O–H groups in total. The smallest absolute Gasteiger partial charge is 0.246 e. The van der Waals surface area contributed by atoms with Crippen LogP contribution in [0, 0.1) is 6.92 Å². The number of amides is 1. The molecule has 2 rings (SSSR count). The van der Waals surface area contributed by atoms with Crippen LogP contribution in [-0.4, -0.2) is 49.1 Å². The number of aryl methyl sites for hydroxylation is 1. The molecule has 1 aliphatic rings. The van der Waals surface area contributed by atoms with Crippen LogP contribution in [0.2, 0.25) is 0 Å². The van der Waals surface area contributed by atoms with Crippen molar-refractivity contribution in [2.24, 2.45) is 10.7 Å². The molecule has 1 atom stereocenters. The number of ether oxygens (including phenoxy) is 1. The molecule has 1 unspecified atom stereocenters. The van der Waals surface area contributed by atoms with Crippen molar-refractivity contribution < 1.29 is 9.53 Å². The van der Waals surface area contributed by atoms with Gasteiger partial charge in [0.2, 0.25) is 5.91 Å². The van der Waals surface area contributed by atoms with E-state index in [0.29, 0.717) is 25.7 Å². The molecule has 0 bridgehead atoms. The first-order valence-corrected chi connectivity index (χ1v) is 7.97. The summed E-state index contributed by atoms with van der Waals surface area (Å²) in [5.74, 6) is 0.196. The van der Waals surface area contributed by atoms with E-state index in [2.05, 4.69) is 26.2 Å². The number of carbonyl (C=O) groups is 1. The molecule has 0 spiro atoms. The highest BCUT2D eigenvalue weighted by atomic mass is 127. The van der Waals surface area contributed by atoms with Crippen molar-refractivity contribution in [3.8, 4) is 0 Å². The number of aliphatic imine (C=N–C) groups is 1. The van der Waals surface area contributed by atoms with Crippen LogP contribution >= 0.6 is 39.9 Å². The van der Waals surface area contributed by atoms with Crippen LogP contribution in [0.15, 0.2) is 27.7 Å². The van der Waals surface area contributed by atoms with Gasteiger partial charge in [-0.1, -0.05) is 22.0 Å². The molecule has 1 aromatic rings. The molecule has 0 radical (unpaired) electrons. The maximum atomic E-state index is 12.0. The average molecular weight is 497 g/mol. The number of anilines is 1. The molecule has 1 fully saturated rings. The Balaban J connectivity index is 0.00000264. The van der Waals surface area contributed by atoms with Gasteiger partial charge in [0.15, 0.2) is 5.96 Å². The largest absolute Gasteiger partial charge is 0.375 e. The number of nitrogens with two attached hydrogens (primary N) is 1. The molecule has 23 heavy (non-hydrogen) atoms. The fraction of sp³-hybridized carbons (Fsp3) is 0.467. The van der Waals surface area contributed by atoms with Gasteiger partial charge in [0.1, 0.15) is 6.54 Å². The summed E-state index contributed by atoms with van der Waals surface area (Å²) >= 11 is 3.39. The van der Waals surface area contributed by atoms with E-state index in [-0.39, 0.29) is 42.5 Å². The van der Waals surface area contributed by atoms with Gasteiger partial charge < -0.3 is 20.7 Å². The Bertz CT molecular complexity index is 583. The minimum Gasteiger partial charge on any atom is -0.375 e. The van der Waals surface area contributed by atoms with E-state index in [4.69, 9.17) is 10.5 Å². The van der Waals surface area contributed by atoms with E-state index in [0.717, 1.165) is 15.7 Å². The van der Waals surface area contributed by atoms with Gasteiger partial charge in [0, 0.05) is 23.2 Å². The predicted octanol–water partition coefficient (Wildman–Crippen LogP) is 2.35. The molecule has 0 saturated carbocycles. The minimum atomic E-state index is -0.189. The van der Waals surface area contributed by atoms with Gasteiger partial charge in [-0.3, -0.25) is 4.79 Å². The quantitative estimate of drug-likeness (QED) is 0.382. The number of hydrogen-bond donors (Lipinski definition) is 2. The van der Waals surface area contributed by atoms with Gasteiger partial charge in [-0.25, -0.2) is 4.99 Å². The molecule has 1 heterocycles. The first kappa shape index (κ1) is 20.2. The number of nitrogens with zero attached hydrogens (tertiary/aromatic N) is 2. The van der Waals surface area contributed by atoms with Crippen molar-refractivity contribution in [1.29, 1.82) is 0 Å². The Morgan fingerprint density at radius 3 is 3.00 bits per heavy atom. The number of halogens is 2. The van der Waals surface area contributed by atoms with Gasteiger partial charge in [0.05, 0.1) is 12.7 Å². The van der Waals surface area contributed by atoms with Crippen molar-refractivity contribution >= 4 is 57.5 Å². The van der Waals surface area contributed by atoms with Gasteiger partial charge in [-0.15, -0.1) is 24.0 Å². The number of carbonyl (C=O) groups excluding carboxylic acids is 1. The number of morpholine rings is 1. The topological polar surface area (TPSA) is 80.0 Å². The second-order valence-electron chi connectivity index (χ2n) is 5.31. The van der Waals surface area contributed by atoms with E-state index in [1.807, 2.05) is 36.9 Å². The summed E-state index contributed by atoms with van der Waals surface area (Å²) in [5.41, 5.74) is 7.71. The van der Waals surface area contributed by atoms with E-state index in [1.165, 1.54) is 0 Å². The van der Waals surface area contributed by atoms with Crippen LogP contribution in [0.4, 0.5) is 5.69 Å². The van der Waals surface area contributed by atoms with E-state index >= 15 is 0 Å². The Hall–Kier alpha value is -0.870. The number of guanidine groups is 1. The number of rotatable bonds is 3. The van der Waals surface area contributed by atoms with E-state index in [9.17, 15) is 4.79 Å². The molecule has 1 amide bonds. The Labute approximate surface area is 162 Å². The minimum absolute atomic E-state index is 0. The second-order valence-corrected chi connectivity index (χ2v) is 6.22. The molecule has 0 aromatic heterocycles. The van der Waals surface area contributed by atoms with Crippen LogP contribution < -0.4 is 11.1 Å². The Morgan fingerprint density at radius 2 is 2.30 bits per heavy atom. The number of nitrogens with one attached hydrogen (secondary N) is 1. The number of hydrogen-bond acceptors (Lipinski definition) is 3. The number of benzene rings is 1. The molecular formula is C15H22BrIN4O2. The summed E-state index contributed by atoms with van der Waals surface area (Å²) < 4.78 is 6.37. The molecule has 128 valence electrons. The lowest BCUT2D eigenvalue weighted by Gasteiger charge is -2.31. The summed E-state index contributed by atoms with van der Waals surface area (Å²) in [4.78, 5) is 18.1. The summed E-state index contributed by atoms with van der Waals surface area (Å²) in [5, 5.41) is 2.84. The van der Waals surface area contributed by atoms with Crippen molar-refractivity contribution in [1.82, 2.24) is 4.90 Å². The van der Waals surface area contributed by atoms with Gasteiger partial charge in [-0.05, 0) is 31.5 Å². The lowest BCUT2D eigenvalue weighted by molar-refractivity contribution is -0.114. The highest BCUT2D eigenvalue weighted by Crippen LogP contribution is 2.20. The molecule has 1 aliphatic heterocycles. The molecular weight excluding hydrogens is 475 g/mol. The van der Waals surface area contributed by atoms with Gasteiger partial charge >= 0.3 is 0 Å². The normalized spacial score (nSPS) is 18.3. The van der Waals surface area contributed by atoms with E-state index in [1.54, 1.807) is 0 Å². The molecule has 6 nitrogen and oxygen atoms in total. The highest BCUT2D eigenvalue weighted by Gasteiger charge is 2.18. The fourth-order valence-electron chi connectivity index (χ4n) is 2.20. The third kappa shape index (κ3) is 6.27. The van der Waals surface area contributed by atoms with Crippen molar-refractivity contribution in [3.63, 3.8) is 0 Å². The fourth-order valence-corrected chi connectivity index (χ4v) is 2.56. The lowest BCUT2D eigenvalue weighted by atomic mass is 10.2. The summed E-state index contributed by atoms with van der Waals surface area (Å²) in [6, 6.07) is 5.73.